The maximum absolute atomic E-state index is 5.31. The van der Waals surface area contributed by atoms with Gasteiger partial charge >= 0.3 is 0 Å². The molecule has 1 aromatic carbocycles. The molecule has 1 rings (SSSR count). The van der Waals surface area contributed by atoms with Crippen molar-refractivity contribution in [1.29, 1.82) is 0 Å². The summed E-state index contributed by atoms with van der Waals surface area (Å²) in [5.41, 5.74) is 3.98. The Hall–Kier alpha value is -1.26. The summed E-state index contributed by atoms with van der Waals surface area (Å²) < 4.78 is 10.4. The maximum Gasteiger partial charge on any atom is 0.122 e. The molecule has 0 spiro atoms. The molecular formula is C13H21NO3. The molecule has 17 heavy (non-hydrogen) atoms. The van der Waals surface area contributed by atoms with E-state index in [1.165, 1.54) is 0 Å². The molecule has 96 valence electrons. The van der Waals surface area contributed by atoms with Crippen molar-refractivity contribution >= 4 is 0 Å². The van der Waals surface area contributed by atoms with Crippen LogP contribution in [-0.2, 0) is 11.4 Å². The minimum Gasteiger partial charge on any atom is -0.497 e. The Morgan fingerprint density at radius 2 is 1.65 bits per heavy atom. The molecule has 0 fully saturated rings. The topological polar surface area (TPSA) is 39.7 Å². The van der Waals surface area contributed by atoms with Gasteiger partial charge < -0.3 is 14.3 Å². The molecule has 4 heteroatoms. The van der Waals surface area contributed by atoms with Gasteiger partial charge in [-0.2, -0.15) is 5.48 Å². The second-order valence-electron chi connectivity index (χ2n) is 4.25. The molecule has 0 bridgehead atoms. The van der Waals surface area contributed by atoms with Crippen molar-refractivity contribution in [3.8, 4) is 11.5 Å². The third kappa shape index (κ3) is 5.06. The highest BCUT2D eigenvalue weighted by molar-refractivity contribution is 5.38. The molecule has 1 aromatic rings. The molecule has 0 atom stereocenters. The Bertz CT molecular complexity index is 317. The molecule has 0 saturated heterocycles. The van der Waals surface area contributed by atoms with Crippen LogP contribution in [0.25, 0.3) is 0 Å². The molecule has 0 amide bonds. The van der Waals surface area contributed by atoms with Crippen LogP contribution in [0, 0.1) is 5.92 Å². The van der Waals surface area contributed by atoms with E-state index in [-0.39, 0.29) is 0 Å². The lowest BCUT2D eigenvalue weighted by Gasteiger charge is -2.10. The van der Waals surface area contributed by atoms with Crippen molar-refractivity contribution in [3.05, 3.63) is 23.8 Å². The lowest BCUT2D eigenvalue weighted by atomic mass is 10.2. The van der Waals surface area contributed by atoms with E-state index in [2.05, 4.69) is 19.3 Å². The van der Waals surface area contributed by atoms with Crippen molar-refractivity contribution in [2.24, 2.45) is 5.92 Å². The number of hydroxylamine groups is 1. The average Bonchev–Trinajstić information content (AvgIpc) is 2.34. The fourth-order valence-corrected chi connectivity index (χ4v) is 1.33. The molecule has 0 aromatic heterocycles. The lowest BCUT2D eigenvalue weighted by Crippen LogP contribution is -2.17. The van der Waals surface area contributed by atoms with Gasteiger partial charge in [-0.3, -0.25) is 0 Å². The number of nitrogens with one attached hydrogen (secondary N) is 1. The van der Waals surface area contributed by atoms with E-state index in [0.29, 0.717) is 19.1 Å². The normalized spacial score (nSPS) is 10.6. The first kappa shape index (κ1) is 13.8. The van der Waals surface area contributed by atoms with Crippen molar-refractivity contribution in [1.82, 2.24) is 5.48 Å². The van der Waals surface area contributed by atoms with Crippen molar-refractivity contribution < 1.29 is 14.3 Å². The molecule has 0 aliphatic heterocycles. The Morgan fingerprint density at radius 3 is 2.12 bits per heavy atom. The summed E-state index contributed by atoms with van der Waals surface area (Å²) in [5, 5.41) is 0. The second kappa shape index (κ2) is 7.14. The van der Waals surface area contributed by atoms with Crippen molar-refractivity contribution in [2.75, 3.05) is 20.8 Å². The average molecular weight is 239 g/mol. The minimum absolute atomic E-state index is 0.516. The molecule has 0 aliphatic carbocycles. The van der Waals surface area contributed by atoms with Gasteiger partial charge in [0.25, 0.3) is 0 Å². The molecule has 0 heterocycles. The van der Waals surface area contributed by atoms with Gasteiger partial charge in [-0.1, -0.05) is 13.8 Å². The maximum atomic E-state index is 5.31. The predicted molar refractivity (Wildman–Crippen MR) is 67.2 cm³/mol. The lowest BCUT2D eigenvalue weighted by molar-refractivity contribution is 0.0196. The van der Waals surface area contributed by atoms with Gasteiger partial charge in [-0.15, -0.1) is 0 Å². The monoisotopic (exact) mass is 239 g/mol. The van der Waals surface area contributed by atoms with E-state index in [9.17, 15) is 0 Å². The largest absolute Gasteiger partial charge is 0.497 e. The third-order valence-electron chi connectivity index (χ3n) is 2.21. The van der Waals surface area contributed by atoms with Gasteiger partial charge in [-0.25, -0.2) is 0 Å². The predicted octanol–water partition coefficient (Wildman–Crippen LogP) is 2.38. The fourth-order valence-electron chi connectivity index (χ4n) is 1.33. The van der Waals surface area contributed by atoms with Gasteiger partial charge in [0.1, 0.15) is 11.5 Å². The molecule has 0 aliphatic rings. The zero-order valence-corrected chi connectivity index (χ0v) is 10.9. The number of methoxy groups -OCH3 is 2. The van der Waals surface area contributed by atoms with Crippen LogP contribution < -0.4 is 15.0 Å². The number of hydrogen-bond donors (Lipinski definition) is 1. The van der Waals surface area contributed by atoms with Crippen LogP contribution in [-0.4, -0.2) is 20.8 Å². The number of rotatable bonds is 7. The van der Waals surface area contributed by atoms with E-state index >= 15 is 0 Å². The first-order valence-corrected chi connectivity index (χ1v) is 5.72. The first-order chi connectivity index (χ1) is 8.15. The summed E-state index contributed by atoms with van der Waals surface area (Å²) in [4.78, 5) is 5.31. The van der Waals surface area contributed by atoms with Crippen LogP contribution in [0.1, 0.15) is 19.4 Å². The zero-order valence-electron chi connectivity index (χ0n) is 10.9. The minimum atomic E-state index is 0.516. The van der Waals surface area contributed by atoms with Crippen LogP contribution in [0.3, 0.4) is 0 Å². The fraction of sp³-hybridized carbons (Fsp3) is 0.538. The van der Waals surface area contributed by atoms with Crippen molar-refractivity contribution in [2.45, 2.75) is 20.4 Å². The summed E-state index contributed by atoms with van der Waals surface area (Å²) in [5.74, 6) is 2.08. The van der Waals surface area contributed by atoms with E-state index in [0.717, 1.165) is 17.1 Å². The van der Waals surface area contributed by atoms with Crippen molar-refractivity contribution in [3.63, 3.8) is 0 Å². The Morgan fingerprint density at radius 1 is 1.06 bits per heavy atom. The zero-order chi connectivity index (χ0) is 12.7. The Balaban J connectivity index is 2.51. The highest BCUT2D eigenvalue weighted by Gasteiger charge is 2.02. The molecule has 0 unspecified atom stereocenters. The third-order valence-corrected chi connectivity index (χ3v) is 2.21. The van der Waals surface area contributed by atoms with Gasteiger partial charge in [0.2, 0.25) is 0 Å². The second-order valence-corrected chi connectivity index (χ2v) is 4.25. The van der Waals surface area contributed by atoms with Gasteiger partial charge in [0.05, 0.1) is 20.8 Å². The Labute approximate surface area is 103 Å². The number of hydrogen-bond acceptors (Lipinski definition) is 4. The summed E-state index contributed by atoms with van der Waals surface area (Å²) in [6.07, 6.45) is 0. The number of benzene rings is 1. The van der Waals surface area contributed by atoms with Gasteiger partial charge in [0.15, 0.2) is 0 Å². The molecule has 0 radical (unpaired) electrons. The number of ether oxygens (including phenoxy) is 2. The molecular weight excluding hydrogens is 218 g/mol. The Kier molecular flexibility index (Phi) is 5.80. The summed E-state index contributed by atoms with van der Waals surface area (Å²) >= 11 is 0. The van der Waals surface area contributed by atoms with Crippen LogP contribution >= 0.6 is 0 Å². The first-order valence-electron chi connectivity index (χ1n) is 5.72. The van der Waals surface area contributed by atoms with E-state index in [4.69, 9.17) is 14.3 Å². The van der Waals surface area contributed by atoms with Crippen LogP contribution in [0.2, 0.25) is 0 Å². The smallest absolute Gasteiger partial charge is 0.122 e. The van der Waals surface area contributed by atoms with Crippen LogP contribution in [0.15, 0.2) is 18.2 Å². The van der Waals surface area contributed by atoms with Gasteiger partial charge in [-0.05, 0) is 23.6 Å². The van der Waals surface area contributed by atoms with Crippen LogP contribution in [0.5, 0.6) is 11.5 Å². The van der Waals surface area contributed by atoms with E-state index < -0.39 is 0 Å². The quantitative estimate of drug-likeness (QED) is 0.586. The van der Waals surface area contributed by atoms with E-state index in [1.54, 1.807) is 14.2 Å². The summed E-state index contributed by atoms with van der Waals surface area (Å²) in [6, 6.07) is 5.75. The van der Waals surface area contributed by atoms with Gasteiger partial charge in [0, 0.05) is 12.6 Å². The van der Waals surface area contributed by atoms with Crippen LogP contribution in [0.4, 0.5) is 0 Å². The standard InChI is InChI=1S/C13H21NO3/c1-10(2)9-17-14-8-11-5-12(15-3)7-13(6-11)16-4/h5-7,10,14H,8-9H2,1-4H3. The summed E-state index contributed by atoms with van der Waals surface area (Å²) in [6.45, 7) is 5.54. The highest BCUT2D eigenvalue weighted by atomic mass is 16.6. The molecule has 4 nitrogen and oxygen atoms in total. The SMILES string of the molecule is COc1cc(CNOCC(C)C)cc(OC)c1. The molecule has 0 saturated carbocycles. The highest BCUT2D eigenvalue weighted by Crippen LogP contribution is 2.22. The molecule has 1 N–H and O–H groups in total. The van der Waals surface area contributed by atoms with E-state index in [1.807, 2.05) is 18.2 Å². The summed E-state index contributed by atoms with van der Waals surface area (Å²) in [7, 11) is 3.28.